The third kappa shape index (κ3) is 3.32. The minimum absolute atomic E-state index is 0.676. The molecule has 78 valence electrons. The van der Waals surface area contributed by atoms with Crippen LogP contribution in [0.2, 0.25) is 0 Å². The second-order valence-corrected chi connectivity index (χ2v) is 4.02. The van der Waals surface area contributed by atoms with Crippen molar-refractivity contribution in [2.24, 2.45) is 5.92 Å². The summed E-state index contributed by atoms with van der Waals surface area (Å²) in [6, 6.07) is 0. The summed E-state index contributed by atoms with van der Waals surface area (Å²) in [5.41, 5.74) is 0.676. The zero-order valence-electron chi connectivity index (χ0n) is 8.94. The smallest absolute Gasteiger partial charge is 0.168 e. The summed E-state index contributed by atoms with van der Waals surface area (Å²) in [7, 11) is 0. The second kappa shape index (κ2) is 5.58. The molecule has 0 atom stereocenters. The van der Waals surface area contributed by atoms with Crippen molar-refractivity contribution in [2.75, 3.05) is 0 Å². The van der Waals surface area contributed by atoms with E-state index in [1.165, 1.54) is 12.8 Å². The fraction of sp³-hybridized carbons (Fsp3) is 0.636. The number of hydrogen-bond acceptors (Lipinski definition) is 2. The lowest BCUT2D eigenvalue weighted by Gasteiger charge is -2.05. The Morgan fingerprint density at radius 2 is 2.29 bits per heavy atom. The zero-order chi connectivity index (χ0) is 10.4. The summed E-state index contributed by atoms with van der Waals surface area (Å²) in [6.45, 7) is 5.36. The van der Waals surface area contributed by atoms with Gasteiger partial charge in [-0.25, -0.2) is 4.98 Å². The quantitative estimate of drug-likeness (QED) is 0.515. The monoisotopic (exact) mass is 194 g/mol. The van der Waals surface area contributed by atoms with E-state index in [9.17, 15) is 4.79 Å². The summed E-state index contributed by atoms with van der Waals surface area (Å²) in [6.07, 6.45) is 7.78. The van der Waals surface area contributed by atoms with Crippen LogP contribution in [0.15, 0.2) is 12.5 Å². The molecule has 3 heteroatoms. The second-order valence-electron chi connectivity index (χ2n) is 4.02. The van der Waals surface area contributed by atoms with Gasteiger partial charge < -0.3 is 4.57 Å². The van der Waals surface area contributed by atoms with Crippen molar-refractivity contribution in [1.29, 1.82) is 0 Å². The van der Waals surface area contributed by atoms with Gasteiger partial charge in [0.1, 0.15) is 5.69 Å². The van der Waals surface area contributed by atoms with Gasteiger partial charge in [0.25, 0.3) is 0 Å². The van der Waals surface area contributed by atoms with E-state index in [0.717, 1.165) is 25.2 Å². The van der Waals surface area contributed by atoms with Crippen LogP contribution in [-0.2, 0) is 6.54 Å². The van der Waals surface area contributed by atoms with Crippen molar-refractivity contribution < 1.29 is 4.79 Å². The molecule has 0 saturated heterocycles. The van der Waals surface area contributed by atoms with Gasteiger partial charge in [-0.05, 0) is 12.3 Å². The van der Waals surface area contributed by atoms with Crippen LogP contribution in [0.4, 0.5) is 0 Å². The van der Waals surface area contributed by atoms with Crippen molar-refractivity contribution in [3.63, 3.8) is 0 Å². The number of carbonyl (C=O) groups excluding carboxylic acids is 1. The largest absolute Gasteiger partial charge is 0.328 e. The molecular weight excluding hydrogens is 176 g/mol. The number of imidazole rings is 1. The molecule has 0 radical (unpaired) electrons. The van der Waals surface area contributed by atoms with Crippen LogP contribution in [0.5, 0.6) is 0 Å². The summed E-state index contributed by atoms with van der Waals surface area (Å²) < 4.78 is 1.91. The lowest BCUT2D eigenvalue weighted by molar-refractivity contribution is 0.111. The van der Waals surface area contributed by atoms with Crippen molar-refractivity contribution in [2.45, 2.75) is 39.7 Å². The Hall–Kier alpha value is -1.12. The van der Waals surface area contributed by atoms with Gasteiger partial charge in [0.2, 0.25) is 0 Å². The summed E-state index contributed by atoms with van der Waals surface area (Å²) in [5.74, 6) is 0.767. The zero-order valence-corrected chi connectivity index (χ0v) is 8.94. The predicted molar refractivity (Wildman–Crippen MR) is 56.3 cm³/mol. The molecule has 0 unspecified atom stereocenters. The van der Waals surface area contributed by atoms with Crippen LogP contribution < -0.4 is 0 Å². The Labute approximate surface area is 85.2 Å². The van der Waals surface area contributed by atoms with E-state index in [1.54, 1.807) is 12.5 Å². The molecule has 0 saturated carbocycles. The molecule has 14 heavy (non-hydrogen) atoms. The molecule has 0 spiro atoms. The van der Waals surface area contributed by atoms with Gasteiger partial charge in [0, 0.05) is 6.54 Å². The maximum Gasteiger partial charge on any atom is 0.168 e. The normalized spacial score (nSPS) is 10.8. The van der Waals surface area contributed by atoms with Gasteiger partial charge in [0.05, 0.1) is 12.5 Å². The minimum atomic E-state index is 0.676. The van der Waals surface area contributed by atoms with Crippen molar-refractivity contribution >= 4 is 6.29 Å². The SMILES string of the molecule is CC(C)CCCCn1cncc1C=O. The molecule has 1 aromatic rings. The van der Waals surface area contributed by atoms with Crippen molar-refractivity contribution in [3.05, 3.63) is 18.2 Å². The fourth-order valence-corrected chi connectivity index (χ4v) is 1.45. The Bertz CT molecular complexity index is 279. The summed E-state index contributed by atoms with van der Waals surface area (Å²) >= 11 is 0. The molecular formula is C11H18N2O. The van der Waals surface area contributed by atoms with Gasteiger partial charge in [-0.2, -0.15) is 0 Å². The van der Waals surface area contributed by atoms with Crippen LogP contribution in [-0.4, -0.2) is 15.8 Å². The maximum atomic E-state index is 10.6. The Balaban J connectivity index is 2.27. The highest BCUT2D eigenvalue weighted by atomic mass is 16.1. The molecule has 0 aliphatic carbocycles. The number of aromatic nitrogens is 2. The molecule has 0 amide bonds. The van der Waals surface area contributed by atoms with Gasteiger partial charge in [-0.1, -0.05) is 26.7 Å². The van der Waals surface area contributed by atoms with Crippen LogP contribution in [0, 0.1) is 5.92 Å². The van der Waals surface area contributed by atoms with Gasteiger partial charge in [-0.15, -0.1) is 0 Å². The molecule has 0 aromatic carbocycles. The maximum absolute atomic E-state index is 10.6. The Morgan fingerprint density at radius 3 is 2.93 bits per heavy atom. The third-order valence-corrected chi connectivity index (χ3v) is 2.30. The highest BCUT2D eigenvalue weighted by molar-refractivity contribution is 5.71. The van der Waals surface area contributed by atoms with Crippen LogP contribution in [0.25, 0.3) is 0 Å². The number of unbranched alkanes of at least 4 members (excludes halogenated alkanes) is 1. The average molecular weight is 194 g/mol. The van der Waals surface area contributed by atoms with Crippen molar-refractivity contribution in [1.82, 2.24) is 9.55 Å². The standard InChI is InChI=1S/C11H18N2O/c1-10(2)5-3-4-6-13-9-12-7-11(13)8-14/h7-10H,3-6H2,1-2H3. The third-order valence-electron chi connectivity index (χ3n) is 2.30. The van der Waals surface area contributed by atoms with E-state index < -0.39 is 0 Å². The summed E-state index contributed by atoms with van der Waals surface area (Å²) in [4.78, 5) is 14.5. The first kappa shape index (κ1) is 11.0. The molecule has 1 aromatic heterocycles. The van der Waals surface area contributed by atoms with Crippen LogP contribution in [0.1, 0.15) is 43.6 Å². The topological polar surface area (TPSA) is 34.9 Å². The van der Waals surface area contributed by atoms with E-state index >= 15 is 0 Å². The van der Waals surface area contributed by atoms with E-state index in [0.29, 0.717) is 5.69 Å². The first-order valence-electron chi connectivity index (χ1n) is 5.19. The van der Waals surface area contributed by atoms with E-state index in [2.05, 4.69) is 18.8 Å². The number of carbonyl (C=O) groups is 1. The highest BCUT2D eigenvalue weighted by Crippen LogP contribution is 2.08. The van der Waals surface area contributed by atoms with E-state index in [4.69, 9.17) is 0 Å². The lowest BCUT2D eigenvalue weighted by Crippen LogP contribution is -2.01. The molecule has 0 aliphatic rings. The molecule has 0 N–H and O–H groups in total. The number of rotatable bonds is 6. The number of hydrogen-bond donors (Lipinski definition) is 0. The minimum Gasteiger partial charge on any atom is -0.328 e. The van der Waals surface area contributed by atoms with Crippen LogP contribution in [0.3, 0.4) is 0 Å². The molecule has 0 fully saturated rings. The number of aryl methyl sites for hydroxylation is 1. The molecule has 3 nitrogen and oxygen atoms in total. The molecule has 1 rings (SSSR count). The van der Waals surface area contributed by atoms with Crippen LogP contribution >= 0.6 is 0 Å². The first-order valence-corrected chi connectivity index (χ1v) is 5.19. The molecule has 0 bridgehead atoms. The van der Waals surface area contributed by atoms with E-state index in [-0.39, 0.29) is 0 Å². The van der Waals surface area contributed by atoms with Gasteiger partial charge in [0.15, 0.2) is 6.29 Å². The van der Waals surface area contributed by atoms with Gasteiger partial charge >= 0.3 is 0 Å². The first-order chi connectivity index (χ1) is 6.74. The summed E-state index contributed by atoms with van der Waals surface area (Å²) in [5, 5.41) is 0. The number of nitrogens with zero attached hydrogens (tertiary/aromatic N) is 2. The van der Waals surface area contributed by atoms with Crippen molar-refractivity contribution in [3.8, 4) is 0 Å². The molecule has 0 aliphatic heterocycles. The van der Waals surface area contributed by atoms with E-state index in [1.807, 2.05) is 4.57 Å². The molecule has 1 heterocycles. The lowest BCUT2D eigenvalue weighted by atomic mass is 10.1. The average Bonchev–Trinajstić information content (AvgIpc) is 2.59. The fourth-order valence-electron chi connectivity index (χ4n) is 1.45. The predicted octanol–water partition coefficient (Wildman–Crippen LogP) is 2.52. The Morgan fingerprint density at radius 1 is 1.50 bits per heavy atom. The van der Waals surface area contributed by atoms with Gasteiger partial charge in [-0.3, -0.25) is 4.79 Å². The Kier molecular flexibility index (Phi) is 4.36. The highest BCUT2D eigenvalue weighted by Gasteiger charge is 2.00. The number of aldehydes is 1.